The number of hydrogen-bond donors (Lipinski definition) is 3. The molecule has 0 radical (unpaired) electrons. The summed E-state index contributed by atoms with van der Waals surface area (Å²) in [6.45, 7) is 0. The molecule has 0 spiro atoms. The van der Waals surface area contributed by atoms with E-state index in [9.17, 15) is 9.59 Å². The van der Waals surface area contributed by atoms with E-state index in [1.165, 1.54) is 11.3 Å². The Balaban J connectivity index is 0.00000162. The summed E-state index contributed by atoms with van der Waals surface area (Å²) < 4.78 is 0. The lowest BCUT2D eigenvalue weighted by atomic mass is 10.2. The molecule has 0 aromatic carbocycles. The smallest absolute Gasteiger partial charge is 0.243 e. The van der Waals surface area contributed by atoms with Crippen LogP contribution in [0.2, 0.25) is 0 Å². The zero-order valence-corrected chi connectivity index (χ0v) is 11.2. The minimum atomic E-state index is -0.916. The van der Waals surface area contributed by atoms with Crippen LogP contribution in [0.25, 0.3) is 0 Å². The van der Waals surface area contributed by atoms with E-state index in [1.54, 1.807) is 0 Å². The molecule has 6 nitrogen and oxygen atoms in total. The van der Waals surface area contributed by atoms with Crippen LogP contribution in [0.1, 0.15) is 30.9 Å². The summed E-state index contributed by atoms with van der Waals surface area (Å²) in [5.41, 5.74) is 11.5. The highest BCUT2D eigenvalue weighted by atomic mass is 35.5. The van der Waals surface area contributed by atoms with E-state index in [0.29, 0.717) is 11.0 Å². The standard InChI is InChI=1S/C10H14N4O2S.ClH/c11-6(3-8(12)15)9(16)14-10-13-7(4-17-10)5-1-2-5;/h4-6H,1-3,11H2,(H2,12,15)(H,13,14,16);1H. The molecular formula is C10H15ClN4O2S. The topological polar surface area (TPSA) is 111 Å². The number of halogens is 1. The van der Waals surface area contributed by atoms with E-state index in [-0.39, 0.29) is 18.8 Å². The molecule has 1 saturated carbocycles. The Morgan fingerprint density at radius 1 is 1.56 bits per heavy atom. The van der Waals surface area contributed by atoms with Crippen molar-refractivity contribution in [3.63, 3.8) is 0 Å². The molecule has 1 aromatic rings. The van der Waals surface area contributed by atoms with Gasteiger partial charge in [0.1, 0.15) is 0 Å². The first-order chi connectivity index (χ1) is 8.06. The predicted molar refractivity (Wildman–Crippen MR) is 71.8 cm³/mol. The van der Waals surface area contributed by atoms with Crippen molar-refractivity contribution in [2.24, 2.45) is 11.5 Å². The highest BCUT2D eigenvalue weighted by molar-refractivity contribution is 7.13. The van der Waals surface area contributed by atoms with Gasteiger partial charge in [0.25, 0.3) is 0 Å². The van der Waals surface area contributed by atoms with Crippen molar-refractivity contribution in [1.82, 2.24) is 4.98 Å². The Bertz CT molecular complexity index is 447. The highest BCUT2D eigenvalue weighted by Gasteiger charge is 2.26. The Labute approximate surface area is 115 Å². The van der Waals surface area contributed by atoms with Crippen LogP contribution in [0.3, 0.4) is 0 Å². The van der Waals surface area contributed by atoms with E-state index in [1.807, 2.05) is 5.38 Å². The van der Waals surface area contributed by atoms with Gasteiger partial charge in [0.05, 0.1) is 18.2 Å². The van der Waals surface area contributed by atoms with E-state index in [2.05, 4.69) is 10.3 Å². The van der Waals surface area contributed by atoms with Crippen LogP contribution >= 0.6 is 23.7 Å². The van der Waals surface area contributed by atoms with Gasteiger partial charge in [-0.15, -0.1) is 23.7 Å². The molecule has 1 unspecified atom stereocenters. The Morgan fingerprint density at radius 2 is 2.22 bits per heavy atom. The first-order valence-electron chi connectivity index (χ1n) is 5.36. The average Bonchev–Trinajstić information content (AvgIpc) is 2.99. The van der Waals surface area contributed by atoms with Crippen molar-refractivity contribution in [1.29, 1.82) is 0 Å². The number of nitrogens with zero attached hydrogens (tertiary/aromatic N) is 1. The van der Waals surface area contributed by atoms with Crippen molar-refractivity contribution in [3.8, 4) is 0 Å². The van der Waals surface area contributed by atoms with Crippen molar-refractivity contribution >= 4 is 40.7 Å². The Kier molecular flexibility index (Phi) is 5.06. The lowest BCUT2D eigenvalue weighted by molar-refractivity contribution is -0.123. The van der Waals surface area contributed by atoms with Crippen LogP contribution in [0.5, 0.6) is 0 Å². The van der Waals surface area contributed by atoms with Crippen molar-refractivity contribution < 1.29 is 9.59 Å². The fourth-order valence-electron chi connectivity index (χ4n) is 1.42. The molecule has 0 saturated heterocycles. The lowest BCUT2D eigenvalue weighted by Crippen LogP contribution is -2.38. The maximum atomic E-state index is 11.6. The third-order valence-corrected chi connectivity index (χ3v) is 3.28. The van der Waals surface area contributed by atoms with Gasteiger partial charge in [0.2, 0.25) is 11.8 Å². The zero-order chi connectivity index (χ0) is 12.4. The molecule has 1 fully saturated rings. The number of primary amides is 1. The second-order valence-electron chi connectivity index (χ2n) is 4.12. The van der Waals surface area contributed by atoms with Gasteiger partial charge in [-0.25, -0.2) is 4.98 Å². The summed E-state index contributed by atoms with van der Waals surface area (Å²) in [5, 5.41) is 5.05. The Morgan fingerprint density at radius 3 is 2.78 bits per heavy atom. The number of anilines is 1. The molecular weight excluding hydrogens is 276 g/mol. The lowest BCUT2D eigenvalue weighted by Gasteiger charge is -2.07. The van der Waals surface area contributed by atoms with Gasteiger partial charge in [-0.3, -0.25) is 9.59 Å². The largest absolute Gasteiger partial charge is 0.370 e. The quantitative estimate of drug-likeness (QED) is 0.736. The van der Waals surface area contributed by atoms with Gasteiger partial charge in [-0.05, 0) is 12.8 Å². The summed E-state index contributed by atoms with van der Waals surface area (Å²) in [5.74, 6) is -0.470. The molecule has 2 rings (SSSR count). The minimum absolute atomic E-state index is 0. The maximum absolute atomic E-state index is 11.6. The van der Waals surface area contributed by atoms with Gasteiger partial charge in [-0.2, -0.15) is 0 Å². The number of hydrogen-bond acceptors (Lipinski definition) is 5. The number of thiazole rings is 1. The number of rotatable bonds is 5. The molecule has 5 N–H and O–H groups in total. The average molecular weight is 291 g/mol. The molecule has 0 aliphatic heterocycles. The molecule has 18 heavy (non-hydrogen) atoms. The molecule has 1 aromatic heterocycles. The monoisotopic (exact) mass is 290 g/mol. The molecule has 1 aliphatic rings. The fourth-order valence-corrected chi connectivity index (χ4v) is 2.21. The predicted octanol–water partition coefficient (Wildman–Crippen LogP) is 0.583. The molecule has 2 amide bonds. The maximum Gasteiger partial charge on any atom is 0.243 e. The van der Waals surface area contributed by atoms with Crippen LogP contribution in [-0.2, 0) is 9.59 Å². The number of nitrogens with two attached hydrogens (primary N) is 2. The van der Waals surface area contributed by atoms with E-state index >= 15 is 0 Å². The van der Waals surface area contributed by atoms with Crippen LogP contribution in [0.4, 0.5) is 5.13 Å². The zero-order valence-electron chi connectivity index (χ0n) is 9.59. The van der Waals surface area contributed by atoms with Crippen LogP contribution in [-0.4, -0.2) is 22.8 Å². The number of aromatic nitrogens is 1. The second-order valence-corrected chi connectivity index (χ2v) is 4.98. The summed E-state index contributed by atoms with van der Waals surface area (Å²) in [7, 11) is 0. The van der Waals surface area contributed by atoms with Crippen LogP contribution in [0.15, 0.2) is 5.38 Å². The highest BCUT2D eigenvalue weighted by Crippen LogP contribution is 2.40. The van der Waals surface area contributed by atoms with Crippen molar-refractivity contribution in [2.45, 2.75) is 31.2 Å². The van der Waals surface area contributed by atoms with Gasteiger partial charge in [0, 0.05) is 11.3 Å². The minimum Gasteiger partial charge on any atom is -0.370 e. The molecule has 1 aliphatic carbocycles. The van der Waals surface area contributed by atoms with E-state index < -0.39 is 17.9 Å². The molecule has 100 valence electrons. The first kappa shape index (κ1) is 14.9. The van der Waals surface area contributed by atoms with Crippen molar-refractivity contribution in [3.05, 3.63) is 11.1 Å². The molecule has 0 bridgehead atoms. The number of nitrogens with one attached hydrogen (secondary N) is 1. The van der Waals surface area contributed by atoms with Crippen LogP contribution < -0.4 is 16.8 Å². The fraction of sp³-hybridized carbons (Fsp3) is 0.500. The molecule has 8 heteroatoms. The van der Waals surface area contributed by atoms with Crippen molar-refractivity contribution in [2.75, 3.05) is 5.32 Å². The Hall–Kier alpha value is -1.18. The number of amides is 2. The van der Waals surface area contributed by atoms with Gasteiger partial charge in [0.15, 0.2) is 5.13 Å². The molecule has 1 heterocycles. The SMILES string of the molecule is Cl.NC(=O)CC(N)C(=O)Nc1nc(C2CC2)cs1. The second kappa shape index (κ2) is 6.12. The van der Waals surface area contributed by atoms with Gasteiger partial charge >= 0.3 is 0 Å². The third kappa shape index (κ3) is 3.94. The summed E-state index contributed by atoms with van der Waals surface area (Å²) >= 11 is 1.37. The summed E-state index contributed by atoms with van der Waals surface area (Å²) in [4.78, 5) is 26.5. The third-order valence-electron chi connectivity index (χ3n) is 2.51. The molecule has 1 atom stereocenters. The number of carbonyl (C=O) groups is 2. The van der Waals surface area contributed by atoms with Gasteiger partial charge in [-0.1, -0.05) is 0 Å². The van der Waals surface area contributed by atoms with E-state index in [0.717, 1.165) is 18.5 Å². The van der Waals surface area contributed by atoms with E-state index in [4.69, 9.17) is 11.5 Å². The van der Waals surface area contributed by atoms with Gasteiger partial charge < -0.3 is 16.8 Å². The summed E-state index contributed by atoms with van der Waals surface area (Å²) in [6.07, 6.45) is 2.17. The van der Waals surface area contributed by atoms with Crippen LogP contribution in [0, 0.1) is 0 Å². The normalized spacial score (nSPS) is 15.6. The summed E-state index contributed by atoms with van der Waals surface area (Å²) in [6, 6.07) is -0.916. The first-order valence-corrected chi connectivity index (χ1v) is 6.24. The number of carbonyl (C=O) groups excluding carboxylic acids is 2.